The third-order valence-electron chi connectivity index (χ3n) is 3.26. The van der Waals surface area contributed by atoms with Crippen molar-refractivity contribution < 1.29 is 5.11 Å². The second-order valence-electron chi connectivity index (χ2n) is 4.45. The summed E-state index contributed by atoms with van der Waals surface area (Å²) < 4.78 is 1.80. The first-order valence-electron chi connectivity index (χ1n) is 6.33. The molecule has 0 fully saturated rings. The van der Waals surface area contributed by atoms with Crippen LogP contribution in [0.4, 0.5) is 0 Å². The summed E-state index contributed by atoms with van der Waals surface area (Å²) in [6.45, 7) is 2.80. The molecule has 1 unspecified atom stereocenters. The Bertz CT molecular complexity index is 700. The number of hydrogen-bond donors (Lipinski definition) is 1. The van der Waals surface area contributed by atoms with Crippen molar-refractivity contribution in [2.45, 2.75) is 19.6 Å². The molecule has 0 bridgehead atoms. The molecule has 0 amide bonds. The first kappa shape index (κ1) is 11.9. The molecular weight excluding hydrogens is 238 g/mol. The highest BCUT2D eigenvalue weighted by Crippen LogP contribution is 2.26. The lowest BCUT2D eigenvalue weighted by Crippen LogP contribution is -2.02. The van der Waals surface area contributed by atoms with Gasteiger partial charge in [-0.2, -0.15) is 5.10 Å². The highest BCUT2D eigenvalue weighted by atomic mass is 16.3. The Morgan fingerprint density at radius 3 is 2.89 bits per heavy atom. The highest BCUT2D eigenvalue weighted by molar-refractivity contribution is 5.84. The van der Waals surface area contributed by atoms with Crippen LogP contribution in [0.15, 0.2) is 48.9 Å². The minimum Gasteiger partial charge on any atom is -0.382 e. The van der Waals surface area contributed by atoms with E-state index < -0.39 is 6.10 Å². The van der Waals surface area contributed by atoms with Crippen molar-refractivity contribution in [1.29, 1.82) is 0 Å². The van der Waals surface area contributed by atoms with E-state index >= 15 is 0 Å². The van der Waals surface area contributed by atoms with Crippen molar-refractivity contribution in [2.24, 2.45) is 0 Å². The molecular formula is C15H15N3O. The van der Waals surface area contributed by atoms with E-state index in [4.69, 9.17) is 0 Å². The summed E-state index contributed by atoms with van der Waals surface area (Å²) in [7, 11) is 0. The lowest BCUT2D eigenvalue weighted by atomic mass is 10.0. The van der Waals surface area contributed by atoms with E-state index in [0.29, 0.717) is 5.69 Å². The van der Waals surface area contributed by atoms with Gasteiger partial charge in [-0.25, -0.2) is 0 Å². The van der Waals surface area contributed by atoms with Crippen LogP contribution in [0, 0.1) is 0 Å². The number of aliphatic hydroxyl groups is 1. The van der Waals surface area contributed by atoms with Gasteiger partial charge in [-0.05, 0) is 18.4 Å². The van der Waals surface area contributed by atoms with Gasteiger partial charge < -0.3 is 5.11 Å². The Balaban J connectivity index is 2.08. The summed E-state index contributed by atoms with van der Waals surface area (Å²) in [5.41, 5.74) is 1.44. The minimum absolute atomic E-state index is 0.675. The molecule has 96 valence electrons. The van der Waals surface area contributed by atoms with Gasteiger partial charge in [-0.15, -0.1) is 0 Å². The number of benzene rings is 1. The van der Waals surface area contributed by atoms with E-state index in [1.54, 1.807) is 17.1 Å². The average molecular weight is 253 g/mol. The fourth-order valence-corrected chi connectivity index (χ4v) is 2.21. The van der Waals surface area contributed by atoms with Gasteiger partial charge in [0.25, 0.3) is 0 Å². The molecule has 4 heteroatoms. The average Bonchev–Trinajstić information content (AvgIpc) is 2.95. The molecule has 0 saturated heterocycles. The van der Waals surface area contributed by atoms with Crippen LogP contribution >= 0.6 is 0 Å². The van der Waals surface area contributed by atoms with Gasteiger partial charge in [-0.1, -0.05) is 24.3 Å². The van der Waals surface area contributed by atoms with Crippen molar-refractivity contribution >= 4 is 10.8 Å². The number of aliphatic hydroxyl groups excluding tert-OH is 1. The second-order valence-corrected chi connectivity index (χ2v) is 4.45. The molecule has 1 aromatic carbocycles. The predicted molar refractivity (Wildman–Crippen MR) is 73.7 cm³/mol. The third-order valence-corrected chi connectivity index (χ3v) is 3.26. The SMILES string of the molecule is CCn1cc(C(O)c2nccc3ccccc23)cn1. The van der Waals surface area contributed by atoms with E-state index in [2.05, 4.69) is 10.1 Å². The van der Waals surface area contributed by atoms with E-state index in [1.165, 1.54) is 0 Å². The summed E-state index contributed by atoms with van der Waals surface area (Å²) >= 11 is 0. The Morgan fingerprint density at radius 2 is 2.11 bits per heavy atom. The number of nitrogens with zero attached hydrogens (tertiary/aromatic N) is 3. The molecule has 1 atom stereocenters. The van der Waals surface area contributed by atoms with Gasteiger partial charge in [0.1, 0.15) is 6.10 Å². The monoisotopic (exact) mass is 253 g/mol. The summed E-state index contributed by atoms with van der Waals surface area (Å²) in [4.78, 5) is 4.33. The number of aromatic nitrogens is 3. The number of fused-ring (bicyclic) bond motifs is 1. The molecule has 1 N–H and O–H groups in total. The second kappa shape index (κ2) is 4.82. The number of rotatable bonds is 3. The lowest BCUT2D eigenvalue weighted by Gasteiger charge is -2.10. The van der Waals surface area contributed by atoms with Crippen LogP contribution in [0.2, 0.25) is 0 Å². The van der Waals surface area contributed by atoms with E-state index in [-0.39, 0.29) is 0 Å². The molecule has 2 aromatic heterocycles. The molecule has 3 aromatic rings. The largest absolute Gasteiger partial charge is 0.382 e. The first-order chi connectivity index (χ1) is 9.29. The van der Waals surface area contributed by atoms with Gasteiger partial charge in [0, 0.05) is 29.9 Å². The maximum absolute atomic E-state index is 10.5. The topological polar surface area (TPSA) is 50.9 Å². The van der Waals surface area contributed by atoms with Gasteiger partial charge in [0.2, 0.25) is 0 Å². The Labute approximate surface area is 111 Å². The standard InChI is InChI=1S/C15H15N3O/c1-2-18-10-12(9-17-18)15(19)14-13-6-4-3-5-11(13)7-8-16-14/h3-10,15,19H,2H2,1H3. The zero-order chi connectivity index (χ0) is 13.2. The molecule has 2 heterocycles. The van der Waals surface area contributed by atoms with E-state index in [0.717, 1.165) is 22.9 Å². The zero-order valence-electron chi connectivity index (χ0n) is 10.7. The lowest BCUT2D eigenvalue weighted by molar-refractivity contribution is 0.217. The van der Waals surface area contributed by atoms with Gasteiger partial charge in [-0.3, -0.25) is 9.67 Å². The normalized spacial score (nSPS) is 12.7. The van der Waals surface area contributed by atoms with Crippen LogP contribution in [0.1, 0.15) is 24.3 Å². The van der Waals surface area contributed by atoms with Gasteiger partial charge in [0.05, 0.1) is 11.9 Å². The summed E-state index contributed by atoms with van der Waals surface area (Å²) in [6.07, 6.45) is 4.53. The van der Waals surface area contributed by atoms with Crippen molar-refractivity contribution in [3.05, 3.63) is 60.2 Å². The van der Waals surface area contributed by atoms with Crippen LogP contribution in [0.25, 0.3) is 10.8 Å². The number of aryl methyl sites for hydroxylation is 1. The first-order valence-corrected chi connectivity index (χ1v) is 6.33. The van der Waals surface area contributed by atoms with Crippen LogP contribution in [0.3, 0.4) is 0 Å². The fourth-order valence-electron chi connectivity index (χ4n) is 2.21. The van der Waals surface area contributed by atoms with Crippen LogP contribution in [-0.2, 0) is 6.54 Å². The smallest absolute Gasteiger partial charge is 0.125 e. The van der Waals surface area contributed by atoms with Crippen LogP contribution < -0.4 is 0 Å². The highest BCUT2D eigenvalue weighted by Gasteiger charge is 2.16. The van der Waals surface area contributed by atoms with Crippen molar-refractivity contribution in [3.8, 4) is 0 Å². The summed E-state index contributed by atoms with van der Waals surface area (Å²) in [5.74, 6) is 0. The van der Waals surface area contributed by atoms with E-state index in [9.17, 15) is 5.11 Å². The molecule has 19 heavy (non-hydrogen) atoms. The molecule has 0 aliphatic rings. The van der Waals surface area contributed by atoms with E-state index in [1.807, 2.05) is 43.5 Å². The van der Waals surface area contributed by atoms with Crippen LogP contribution in [0.5, 0.6) is 0 Å². The Kier molecular flexibility index (Phi) is 3.01. The van der Waals surface area contributed by atoms with Gasteiger partial charge in [0.15, 0.2) is 0 Å². The quantitative estimate of drug-likeness (QED) is 0.780. The minimum atomic E-state index is -0.744. The number of pyridine rings is 1. The third kappa shape index (κ3) is 2.11. The molecule has 0 aliphatic heterocycles. The van der Waals surface area contributed by atoms with Crippen molar-refractivity contribution in [1.82, 2.24) is 14.8 Å². The zero-order valence-corrected chi connectivity index (χ0v) is 10.7. The van der Waals surface area contributed by atoms with Crippen LogP contribution in [-0.4, -0.2) is 19.9 Å². The summed E-state index contributed by atoms with van der Waals surface area (Å²) in [5, 5.41) is 16.7. The van der Waals surface area contributed by atoms with Crippen molar-refractivity contribution in [2.75, 3.05) is 0 Å². The maximum atomic E-state index is 10.5. The molecule has 0 spiro atoms. The Hall–Kier alpha value is -2.20. The predicted octanol–water partition coefficient (Wildman–Crippen LogP) is 2.53. The maximum Gasteiger partial charge on any atom is 0.125 e. The molecule has 4 nitrogen and oxygen atoms in total. The molecule has 3 rings (SSSR count). The summed E-state index contributed by atoms with van der Waals surface area (Å²) in [6, 6.07) is 9.87. The molecule has 0 aliphatic carbocycles. The Morgan fingerprint density at radius 1 is 1.26 bits per heavy atom. The molecule has 0 radical (unpaired) electrons. The fraction of sp³-hybridized carbons (Fsp3) is 0.200. The molecule has 0 saturated carbocycles. The van der Waals surface area contributed by atoms with Gasteiger partial charge >= 0.3 is 0 Å². The van der Waals surface area contributed by atoms with Crippen molar-refractivity contribution in [3.63, 3.8) is 0 Å². The number of hydrogen-bond acceptors (Lipinski definition) is 3.